The number of anilines is 1. The van der Waals surface area contributed by atoms with E-state index in [1.54, 1.807) is 61.5 Å². The molecule has 0 radical (unpaired) electrons. The lowest BCUT2D eigenvalue weighted by atomic mass is 10.2. The summed E-state index contributed by atoms with van der Waals surface area (Å²) in [5.41, 5.74) is 1.39. The summed E-state index contributed by atoms with van der Waals surface area (Å²) >= 11 is 0. The van der Waals surface area contributed by atoms with E-state index in [0.717, 1.165) is 5.56 Å². The maximum atomic E-state index is 12.4. The zero-order valence-electron chi connectivity index (χ0n) is 14.6. The molecule has 0 unspecified atom stereocenters. The van der Waals surface area contributed by atoms with E-state index in [9.17, 15) is 14.4 Å². The molecular weight excluding hydrogens is 346 g/mol. The maximum Gasteiger partial charge on any atom is 0.330 e. The fourth-order valence-electron chi connectivity index (χ4n) is 2.44. The molecule has 0 fully saturated rings. The lowest BCUT2D eigenvalue weighted by molar-refractivity contribution is -0.137. The molecule has 0 atom stereocenters. The number of fused-ring (bicyclic) bond motifs is 1. The first kappa shape index (κ1) is 18.1. The molecule has 1 N–H and O–H groups in total. The number of para-hydroxylation sites is 1. The van der Waals surface area contributed by atoms with Gasteiger partial charge in [-0.3, -0.25) is 9.59 Å². The van der Waals surface area contributed by atoms with Gasteiger partial charge in [-0.05, 0) is 42.8 Å². The molecule has 0 saturated carbocycles. The van der Waals surface area contributed by atoms with E-state index < -0.39 is 11.9 Å². The first-order chi connectivity index (χ1) is 13.1. The lowest BCUT2D eigenvalue weighted by Crippen LogP contribution is -2.14. The summed E-state index contributed by atoms with van der Waals surface area (Å²) in [5, 5.41) is 3.10. The van der Waals surface area contributed by atoms with Crippen molar-refractivity contribution in [1.82, 2.24) is 0 Å². The summed E-state index contributed by atoms with van der Waals surface area (Å²) in [5.74, 6) is -1.00. The quantitative estimate of drug-likeness (QED) is 0.553. The Morgan fingerprint density at radius 2 is 1.85 bits per heavy atom. The van der Waals surface area contributed by atoms with Gasteiger partial charge < -0.3 is 14.5 Å². The Labute approximate surface area is 155 Å². The number of rotatable bonds is 5. The Bertz CT molecular complexity index is 1060. The average Bonchev–Trinajstić information content (AvgIpc) is 2.67. The second kappa shape index (κ2) is 8.14. The Morgan fingerprint density at radius 3 is 2.59 bits per heavy atom. The zero-order chi connectivity index (χ0) is 19.2. The normalized spacial score (nSPS) is 10.9. The highest BCUT2D eigenvalue weighted by Crippen LogP contribution is 2.15. The van der Waals surface area contributed by atoms with Crippen molar-refractivity contribution in [3.05, 3.63) is 82.2 Å². The number of hydrogen-bond donors (Lipinski definition) is 1. The highest BCUT2D eigenvalue weighted by atomic mass is 16.5. The van der Waals surface area contributed by atoms with Gasteiger partial charge in [-0.2, -0.15) is 0 Å². The van der Waals surface area contributed by atoms with Gasteiger partial charge in [0, 0.05) is 17.8 Å². The molecule has 3 rings (SSSR count). The number of hydrogen-bond acceptors (Lipinski definition) is 5. The van der Waals surface area contributed by atoms with Crippen LogP contribution in [0.15, 0.2) is 69.9 Å². The molecule has 27 heavy (non-hydrogen) atoms. The van der Waals surface area contributed by atoms with Crippen LogP contribution in [-0.4, -0.2) is 18.5 Å². The van der Waals surface area contributed by atoms with Crippen LogP contribution in [0.3, 0.4) is 0 Å². The van der Waals surface area contributed by atoms with Crippen LogP contribution in [-0.2, 0) is 9.53 Å². The highest BCUT2D eigenvalue weighted by Gasteiger charge is 2.12. The van der Waals surface area contributed by atoms with E-state index in [0.29, 0.717) is 23.3 Å². The van der Waals surface area contributed by atoms with E-state index in [2.05, 4.69) is 5.32 Å². The van der Waals surface area contributed by atoms with Gasteiger partial charge in [0.05, 0.1) is 12.0 Å². The van der Waals surface area contributed by atoms with Crippen molar-refractivity contribution in [2.75, 3.05) is 11.9 Å². The minimum atomic E-state index is -0.521. The third-order valence-electron chi connectivity index (χ3n) is 3.73. The molecule has 0 bridgehead atoms. The maximum absolute atomic E-state index is 12.4. The molecule has 6 nitrogen and oxygen atoms in total. The summed E-state index contributed by atoms with van der Waals surface area (Å²) < 4.78 is 10.3. The second-order valence-electron chi connectivity index (χ2n) is 5.63. The molecule has 0 saturated heterocycles. The topological polar surface area (TPSA) is 85.6 Å². The van der Waals surface area contributed by atoms with Crippen LogP contribution in [0.1, 0.15) is 23.0 Å². The van der Waals surface area contributed by atoms with E-state index >= 15 is 0 Å². The van der Waals surface area contributed by atoms with Crippen LogP contribution in [0.2, 0.25) is 0 Å². The standard InChI is InChI=1S/C21H17NO5/c1-2-26-20(24)12-9-14-7-10-15(11-8-14)22-21(25)19-13-17(23)16-5-3-4-6-18(16)27-19/h3-13H,2H2,1H3,(H,22,25)/b12-9+. The fourth-order valence-corrected chi connectivity index (χ4v) is 2.44. The van der Waals surface area contributed by atoms with Crippen molar-refractivity contribution in [3.8, 4) is 0 Å². The second-order valence-corrected chi connectivity index (χ2v) is 5.63. The number of amides is 1. The Morgan fingerprint density at radius 1 is 1.11 bits per heavy atom. The molecule has 1 amide bonds. The monoisotopic (exact) mass is 363 g/mol. The molecule has 0 aliphatic rings. The van der Waals surface area contributed by atoms with Crippen LogP contribution in [0.4, 0.5) is 5.69 Å². The molecule has 0 spiro atoms. The number of esters is 1. The summed E-state index contributed by atoms with van der Waals surface area (Å²) in [6.45, 7) is 2.06. The van der Waals surface area contributed by atoms with E-state index in [4.69, 9.17) is 9.15 Å². The molecule has 0 aliphatic carbocycles. The van der Waals surface area contributed by atoms with Gasteiger partial charge in [0.1, 0.15) is 5.58 Å². The summed E-state index contributed by atoms with van der Waals surface area (Å²) in [6.07, 6.45) is 2.95. The number of carbonyl (C=O) groups is 2. The first-order valence-electron chi connectivity index (χ1n) is 8.36. The number of ether oxygens (including phenoxy) is 1. The zero-order valence-corrected chi connectivity index (χ0v) is 14.6. The SMILES string of the molecule is CCOC(=O)/C=C/c1ccc(NC(=O)c2cc(=O)c3ccccc3o2)cc1. The summed E-state index contributed by atoms with van der Waals surface area (Å²) in [7, 11) is 0. The first-order valence-corrected chi connectivity index (χ1v) is 8.36. The predicted octanol–water partition coefficient (Wildman–Crippen LogP) is 3.62. The molecule has 1 aromatic heterocycles. The summed E-state index contributed by atoms with van der Waals surface area (Å²) in [4.78, 5) is 35.8. The molecular formula is C21H17NO5. The number of benzene rings is 2. The predicted molar refractivity (Wildman–Crippen MR) is 103 cm³/mol. The van der Waals surface area contributed by atoms with Crippen LogP contribution in [0, 0.1) is 0 Å². The largest absolute Gasteiger partial charge is 0.463 e. The fraction of sp³-hybridized carbons (Fsp3) is 0.0952. The molecule has 136 valence electrons. The van der Waals surface area contributed by atoms with Crippen molar-refractivity contribution < 1.29 is 18.7 Å². The summed E-state index contributed by atoms with van der Waals surface area (Å²) in [6, 6.07) is 14.8. The lowest BCUT2D eigenvalue weighted by Gasteiger charge is -2.06. The molecule has 0 aliphatic heterocycles. The van der Waals surface area contributed by atoms with Crippen LogP contribution in [0.25, 0.3) is 17.0 Å². The van der Waals surface area contributed by atoms with Gasteiger partial charge >= 0.3 is 5.97 Å². The van der Waals surface area contributed by atoms with Gasteiger partial charge in [0.25, 0.3) is 5.91 Å². The average molecular weight is 363 g/mol. The Hall–Kier alpha value is -3.67. The van der Waals surface area contributed by atoms with Crippen molar-refractivity contribution in [1.29, 1.82) is 0 Å². The van der Waals surface area contributed by atoms with E-state index in [1.165, 1.54) is 12.1 Å². The van der Waals surface area contributed by atoms with E-state index in [1.807, 2.05) is 0 Å². The minimum absolute atomic E-state index is 0.0648. The third-order valence-corrected chi connectivity index (χ3v) is 3.73. The molecule has 2 aromatic carbocycles. The minimum Gasteiger partial charge on any atom is -0.463 e. The van der Waals surface area contributed by atoms with Crippen LogP contribution >= 0.6 is 0 Å². The highest BCUT2D eigenvalue weighted by molar-refractivity contribution is 6.03. The third kappa shape index (κ3) is 4.49. The Balaban J connectivity index is 1.73. The van der Waals surface area contributed by atoms with Gasteiger partial charge in [-0.1, -0.05) is 24.3 Å². The van der Waals surface area contributed by atoms with Crippen LogP contribution in [0.5, 0.6) is 0 Å². The van der Waals surface area contributed by atoms with Gasteiger partial charge in [-0.25, -0.2) is 4.79 Å². The van der Waals surface area contributed by atoms with Gasteiger partial charge in [0.15, 0.2) is 11.2 Å². The van der Waals surface area contributed by atoms with Crippen LogP contribution < -0.4 is 10.7 Å². The van der Waals surface area contributed by atoms with Crippen molar-refractivity contribution in [3.63, 3.8) is 0 Å². The number of nitrogens with one attached hydrogen (secondary N) is 1. The van der Waals surface area contributed by atoms with Crippen molar-refractivity contribution in [2.45, 2.75) is 6.92 Å². The smallest absolute Gasteiger partial charge is 0.330 e. The number of carbonyl (C=O) groups excluding carboxylic acids is 2. The molecule has 3 aromatic rings. The van der Waals surface area contributed by atoms with Crippen molar-refractivity contribution in [2.24, 2.45) is 0 Å². The van der Waals surface area contributed by atoms with E-state index in [-0.39, 0.29) is 11.2 Å². The molecule has 1 heterocycles. The van der Waals surface area contributed by atoms with Crippen molar-refractivity contribution >= 4 is 34.6 Å². The Kier molecular flexibility index (Phi) is 5.47. The molecule has 6 heteroatoms. The van der Waals surface area contributed by atoms with Gasteiger partial charge in [-0.15, -0.1) is 0 Å². The van der Waals surface area contributed by atoms with Gasteiger partial charge in [0.2, 0.25) is 0 Å².